The summed E-state index contributed by atoms with van der Waals surface area (Å²) in [6, 6.07) is 12.1. The van der Waals surface area contributed by atoms with Gasteiger partial charge in [-0.25, -0.2) is 9.78 Å². The van der Waals surface area contributed by atoms with Crippen LogP contribution in [0.15, 0.2) is 42.7 Å². The molecule has 0 saturated carbocycles. The van der Waals surface area contributed by atoms with E-state index in [4.69, 9.17) is 15.2 Å². The predicted molar refractivity (Wildman–Crippen MR) is 105 cm³/mol. The van der Waals surface area contributed by atoms with Crippen LogP contribution in [0.3, 0.4) is 0 Å². The van der Waals surface area contributed by atoms with Crippen molar-refractivity contribution in [2.24, 2.45) is 12.8 Å². The molecule has 7 heteroatoms. The summed E-state index contributed by atoms with van der Waals surface area (Å²) in [7, 11) is 1.99. The molecule has 7 nitrogen and oxygen atoms in total. The van der Waals surface area contributed by atoms with Crippen LogP contribution in [0.5, 0.6) is 5.75 Å². The van der Waals surface area contributed by atoms with Gasteiger partial charge in [-0.15, -0.1) is 0 Å². The Labute approximate surface area is 162 Å². The first-order valence-electron chi connectivity index (χ1n) is 9.45. The predicted octanol–water partition coefficient (Wildman–Crippen LogP) is 3.02. The maximum absolute atomic E-state index is 11.3. The number of hydrogen-bond donors (Lipinski definition) is 1. The Morgan fingerprint density at radius 3 is 2.68 bits per heavy atom. The summed E-state index contributed by atoms with van der Waals surface area (Å²) in [5, 5.41) is 0. The van der Waals surface area contributed by atoms with Crippen molar-refractivity contribution in [1.82, 2.24) is 14.5 Å². The normalized spacial score (nSPS) is 18.1. The lowest BCUT2D eigenvalue weighted by molar-refractivity contribution is -0.225. The third-order valence-electron chi connectivity index (χ3n) is 5.74. The zero-order chi connectivity index (χ0) is 19.3. The molecule has 0 bridgehead atoms. The van der Waals surface area contributed by atoms with Gasteiger partial charge in [0.25, 0.3) is 0 Å². The minimum Gasteiger partial charge on any atom is -0.462 e. The van der Waals surface area contributed by atoms with Gasteiger partial charge < -0.3 is 24.7 Å². The van der Waals surface area contributed by atoms with E-state index in [2.05, 4.69) is 35.3 Å². The van der Waals surface area contributed by atoms with Gasteiger partial charge >= 0.3 is 6.03 Å². The Morgan fingerprint density at radius 2 is 1.89 bits per heavy atom. The molecule has 5 rings (SSSR count). The molecule has 2 amide bonds. The quantitative estimate of drug-likeness (QED) is 0.706. The number of urea groups is 1. The summed E-state index contributed by atoms with van der Waals surface area (Å²) in [5.41, 5.74) is 10.7. The zero-order valence-electron chi connectivity index (χ0n) is 15.7. The number of fused-ring (bicyclic) bond motifs is 2. The number of rotatable bonds is 1. The van der Waals surface area contributed by atoms with Crippen LogP contribution in [0, 0.1) is 0 Å². The molecular weight excluding hydrogens is 356 g/mol. The fraction of sp³-hybridized carbons (Fsp3) is 0.333. The third-order valence-corrected chi connectivity index (χ3v) is 5.74. The molecule has 3 heterocycles. The van der Waals surface area contributed by atoms with E-state index < -0.39 is 5.79 Å². The van der Waals surface area contributed by atoms with Gasteiger partial charge in [-0.3, -0.25) is 0 Å². The second kappa shape index (κ2) is 6.24. The van der Waals surface area contributed by atoms with Crippen LogP contribution in [0.2, 0.25) is 0 Å². The van der Waals surface area contributed by atoms with E-state index in [9.17, 15) is 4.79 Å². The van der Waals surface area contributed by atoms with E-state index in [1.165, 1.54) is 0 Å². The monoisotopic (exact) mass is 378 g/mol. The second-order valence-electron chi connectivity index (χ2n) is 7.51. The highest BCUT2D eigenvalue weighted by molar-refractivity contribution is 5.82. The van der Waals surface area contributed by atoms with Gasteiger partial charge in [0.05, 0.1) is 24.0 Å². The number of carbonyl (C=O) groups excluding carboxylic acids is 1. The molecule has 2 N–H and O–H groups in total. The number of benzene rings is 2. The Hall–Kier alpha value is -3.06. The Balaban J connectivity index is 1.39. The summed E-state index contributed by atoms with van der Waals surface area (Å²) in [5.74, 6) is 0.189. The molecule has 0 radical (unpaired) electrons. The van der Waals surface area contributed by atoms with E-state index in [1.807, 2.05) is 24.0 Å². The lowest BCUT2D eigenvalue weighted by atomic mass is 9.99. The number of nitrogens with two attached hydrogens (primary N) is 1. The van der Waals surface area contributed by atoms with Crippen molar-refractivity contribution in [2.75, 3.05) is 13.1 Å². The van der Waals surface area contributed by atoms with Gasteiger partial charge in [0.15, 0.2) is 0 Å². The fourth-order valence-corrected chi connectivity index (χ4v) is 4.04. The van der Waals surface area contributed by atoms with Crippen molar-refractivity contribution in [3.8, 4) is 16.9 Å². The van der Waals surface area contributed by atoms with Gasteiger partial charge in [0, 0.05) is 38.5 Å². The average Bonchev–Trinajstić information content (AvgIpc) is 3.08. The SMILES string of the molecule is Cn1cnc2cc(-c3ccc4c(c3)COC3(CCN(C(N)=O)CC3)O4)ccc21. The first-order chi connectivity index (χ1) is 13.5. The summed E-state index contributed by atoms with van der Waals surface area (Å²) in [6.45, 7) is 1.59. The molecule has 28 heavy (non-hydrogen) atoms. The van der Waals surface area contributed by atoms with Gasteiger partial charge in [-0.1, -0.05) is 12.1 Å². The van der Waals surface area contributed by atoms with Crippen molar-refractivity contribution in [3.63, 3.8) is 0 Å². The van der Waals surface area contributed by atoms with E-state index in [0.29, 0.717) is 32.5 Å². The lowest BCUT2D eigenvalue weighted by Crippen LogP contribution is -2.53. The van der Waals surface area contributed by atoms with E-state index in [1.54, 1.807) is 4.90 Å². The maximum Gasteiger partial charge on any atom is 0.314 e. The molecule has 1 saturated heterocycles. The van der Waals surface area contributed by atoms with Crippen LogP contribution in [0.4, 0.5) is 4.79 Å². The number of imidazole rings is 1. The number of primary amides is 1. The molecule has 0 aliphatic carbocycles. The number of nitrogens with zero attached hydrogens (tertiary/aromatic N) is 3. The molecule has 1 fully saturated rings. The van der Waals surface area contributed by atoms with Crippen LogP contribution in [0.1, 0.15) is 18.4 Å². The number of hydrogen-bond acceptors (Lipinski definition) is 4. The Morgan fingerprint density at radius 1 is 1.14 bits per heavy atom. The second-order valence-corrected chi connectivity index (χ2v) is 7.51. The smallest absolute Gasteiger partial charge is 0.314 e. The summed E-state index contributed by atoms with van der Waals surface area (Å²) >= 11 is 0. The van der Waals surface area contributed by atoms with Crippen LogP contribution < -0.4 is 10.5 Å². The van der Waals surface area contributed by atoms with Crippen LogP contribution in [-0.2, 0) is 18.4 Å². The highest BCUT2D eigenvalue weighted by atomic mass is 16.7. The van der Waals surface area contributed by atoms with E-state index >= 15 is 0 Å². The minimum absolute atomic E-state index is 0.388. The standard InChI is InChI=1S/C21H22N4O3/c1-24-13-23-17-11-15(2-4-18(17)24)14-3-5-19-16(10-14)12-27-21(28-19)6-8-25(9-7-21)20(22)26/h2-5,10-11,13H,6-9,12H2,1H3,(H2,22,26). The molecule has 144 valence electrons. The first-order valence-corrected chi connectivity index (χ1v) is 9.45. The van der Waals surface area contributed by atoms with Gasteiger partial charge in [0.1, 0.15) is 5.75 Å². The van der Waals surface area contributed by atoms with E-state index in [0.717, 1.165) is 33.5 Å². The number of carbonyl (C=O) groups is 1. The molecule has 2 aliphatic rings. The van der Waals surface area contributed by atoms with Gasteiger partial charge in [0.2, 0.25) is 5.79 Å². The molecule has 0 unspecified atom stereocenters. The Kier molecular flexibility index (Phi) is 3.80. The highest BCUT2D eigenvalue weighted by Crippen LogP contribution is 2.39. The summed E-state index contributed by atoms with van der Waals surface area (Å²) < 4.78 is 14.4. The molecular formula is C21H22N4O3. The number of piperidine rings is 1. The lowest BCUT2D eigenvalue weighted by Gasteiger charge is -2.43. The molecule has 1 spiro atoms. The number of ether oxygens (including phenoxy) is 2. The topological polar surface area (TPSA) is 82.6 Å². The summed E-state index contributed by atoms with van der Waals surface area (Å²) in [6.07, 6.45) is 3.06. The van der Waals surface area contributed by atoms with Crippen molar-refractivity contribution >= 4 is 17.1 Å². The van der Waals surface area contributed by atoms with Crippen LogP contribution >= 0.6 is 0 Å². The van der Waals surface area contributed by atoms with Crippen LogP contribution in [-0.4, -0.2) is 39.4 Å². The molecule has 3 aromatic rings. The first kappa shape index (κ1) is 17.1. The summed E-state index contributed by atoms with van der Waals surface area (Å²) in [4.78, 5) is 17.4. The zero-order valence-corrected chi connectivity index (χ0v) is 15.7. The van der Waals surface area contributed by atoms with Crippen molar-refractivity contribution in [3.05, 3.63) is 48.3 Å². The largest absolute Gasteiger partial charge is 0.462 e. The number of amides is 2. The van der Waals surface area contributed by atoms with Crippen molar-refractivity contribution < 1.29 is 14.3 Å². The molecule has 2 aromatic carbocycles. The molecule has 0 atom stereocenters. The fourth-order valence-electron chi connectivity index (χ4n) is 4.04. The Bertz CT molecular complexity index is 1070. The molecule has 2 aliphatic heterocycles. The highest BCUT2D eigenvalue weighted by Gasteiger charge is 2.41. The van der Waals surface area contributed by atoms with Gasteiger partial charge in [-0.05, 0) is 35.4 Å². The molecule has 1 aromatic heterocycles. The number of aromatic nitrogens is 2. The van der Waals surface area contributed by atoms with Crippen LogP contribution in [0.25, 0.3) is 22.2 Å². The average molecular weight is 378 g/mol. The number of likely N-dealkylation sites (tertiary alicyclic amines) is 1. The third kappa shape index (κ3) is 2.79. The van der Waals surface area contributed by atoms with Crippen molar-refractivity contribution in [2.45, 2.75) is 25.2 Å². The number of aryl methyl sites for hydroxylation is 1. The van der Waals surface area contributed by atoms with E-state index in [-0.39, 0.29) is 6.03 Å². The van der Waals surface area contributed by atoms with Crippen molar-refractivity contribution in [1.29, 1.82) is 0 Å². The maximum atomic E-state index is 11.3. The minimum atomic E-state index is -0.659. The van der Waals surface area contributed by atoms with Gasteiger partial charge in [-0.2, -0.15) is 0 Å².